The van der Waals surface area contributed by atoms with Gasteiger partial charge in [-0.25, -0.2) is 4.79 Å². The molecule has 22 heavy (non-hydrogen) atoms. The highest BCUT2D eigenvalue weighted by molar-refractivity contribution is 6.69. The smallest absolute Gasteiger partial charge is 0.415 e. The Hall–Kier alpha value is -0.763. The quantitative estimate of drug-likeness (QED) is 0.723. The van der Waals surface area contributed by atoms with Crippen molar-refractivity contribution in [2.45, 2.75) is 77.2 Å². The van der Waals surface area contributed by atoms with E-state index in [1.807, 2.05) is 0 Å². The highest BCUT2D eigenvalue weighted by Crippen LogP contribution is 2.35. The summed E-state index contributed by atoms with van der Waals surface area (Å²) >= 11 is 0. The van der Waals surface area contributed by atoms with Gasteiger partial charge in [0.05, 0.1) is 6.04 Å². The Kier molecular flexibility index (Phi) is 5.60. The van der Waals surface area contributed by atoms with E-state index in [0.717, 1.165) is 0 Å². The lowest BCUT2D eigenvalue weighted by Crippen LogP contribution is -2.54. The van der Waals surface area contributed by atoms with Gasteiger partial charge in [0.25, 0.3) is 0 Å². The fourth-order valence-corrected chi connectivity index (χ4v) is 3.45. The van der Waals surface area contributed by atoms with Gasteiger partial charge in [-0.1, -0.05) is 0 Å². The second-order valence-electron chi connectivity index (χ2n) is 7.58. The molecular formula is C14H26F3NO3Si. The first-order chi connectivity index (χ1) is 9.71. The van der Waals surface area contributed by atoms with Crippen LogP contribution < -0.4 is 0 Å². The molecule has 1 saturated heterocycles. The average molecular weight is 341 g/mol. The van der Waals surface area contributed by atoms with Crippen molar-refractivity contribution in [1.29, 1.82) is 0 Å². The molecule has 2 atom stereocenters. The summed E-state index contributed by atoms with van der Waals surface area (Å²) in [5, 5.41) is 0. The van der Waals surface area contributed by atoms with Crippen molar-refractivity contribution in [3.63, 3.8) is 0 Å². The molecule has 0 spiro atoms. The van der Waals surface area contributed by atoms with Crippen LogP contribution in [0.1, 0.15) is 33.6 Å². The van der Waals surface area contributed by atoms with Gasteiger partial charge in [-0.15, -0.1) is 0 Å². The maximum atomic E-state index is 13.4. The van der Waals surface area contributed by atoms with Crippen molar-refractivity contribution in [3.8, 4) is 0 Å². The number of hydrogen-bond donors (Lipinski definition) is 0. The predicted molar refractivity (Wildman–Crippen MR) is 80.2 cm³/mol. The summed E-state index contributed by atoms with van der Waals surface area (Å²) in [5.74, 6) is 0. The van der Waals surface area contributed by atoms with Crippen LogP contribution in [0, 0.1) is 0 Å². The molecule has 0 saturated carbocycles. The maximum Gasteiger partial charge on any atom is 0.415 e. The lowest BCUT2D eigenvalue weighted by molar-refractivity contribution is -0.211. The second-order valence-corrected chi connectivity index (χ2v) is 12.0. The van der Waals surface area contributed by atoms with E-state index < -0.39 is 38.3 Å². The normalized spacial score (nSPS) is 21.9. The molecule has 130 valence electrons. The number of ether oxygens (including phenoxy) is 1. The number of amides is 1. The molecule has 1 heterocycles. The van der Waals surface area contributed by atoms with E-state index in [9.17, 15) is 18.0 Å². The standard InChI is InChI=1S/C14H26F3NO3Si/c1-13(2,3)20-12(19)18-9-7-8-10(18)11(14(15,16)17)21-22(4,5)6/h10-11H,7-9H2,1-6H3/t10-,11?/m0/s1. The van der Waals surface area contributed by atoms with Crippen molar-refractivity contribution in [3.05, 3.63) is 0 Å². The van der Waals surface area contributed by atoms with Crippen LogP contribution in [0.4, 0.5) is 18.0 Å². The molecule has 0 aromatic rings. The van der Waals surface area contributed by atoms with Crippen molar-refractivity contribution in [2.24, 2.45) is 0 Å². The lowest BCUT2D eigenvalue weighted by atomic mass is 10.1. The number of likely N-dealkylation sites (tertiary alicyclic amines) is 1. The van der Waals surface area contributed by atoms with E-state index in [1.54, 1.807) is 40.4 Å². The number of rotatable bonds is 3. The summed E-state index contributed by atoms with van der Waals surface area (Å²) in [6.45, 7) is 10.5. The Balaban J connectivity index is 2.95. The molecule has 1 rings (SSSR count). The summed E-state index contributed by atoms with van der Waals surface area (Å²) in [6.07, 6.45) is -6.37. The zero-order valence-corrected chi connectivity index (χ0v) is 15.1. The number of carbonyl (C=O) groups excluding carboxylic acids is 1. The number of alkyl halides is 3. The molecule has 4 nitrogen and oxygen atoms in total. The van der Waals surface area contributed by atoms with Crippen molar-refractivity contribution in [1.82, 2.24) is 4.90 Å². The van der Waals surface area contributed by atoms with Crippen LogP contribution in [0.2, 0.25) is 19.6 Å². The van der Waals surface area contributed by atoms with Gasteiger partial charge in [0.15, 0.2) is 14.4 Å². The van der Waals surface area contributed by atoms with E-state index in [-0.39, 0.29) is 13.0 Å². The zero-order valence-electron chi connectivity index (χ0n) is 14.1. The molecule has 0 aromatic carbocycles. The maximum absolute atomic E-state index is 13.4. The molecule has 0 aliphatic carbocycles. The largest absolute Gasteiger partial charge is 0.444 e. The van der Waals surface area contributed by atoms with Crippen LogP contribution in [0.15, 0.2) is 0 Å². The van der Waals surface area contributed by atoms with Crippen LogP contribution in [-0.2, 0) is 9.16 Å². The summed E-state index contributed by atoms with van der Waals surface area (Å²) in [5.41, 5.74) is -0.739. The van der Waals surface area contributed by atoms with Crippen LogP contribution in [0.25, 0.3) is 0 Å². The van der Waals surface area contributed by atoms with Gasteiger partial charge in [0.1, 0.15) is 5.60 Å². The lowest BCUT2D eigenvalue weighted by Gasteiger charge is -2.37. The van der Waals surface area contributed by atoms with Crippen LogP contribution in [-0.4, -0.2) is 49.8 Å². The molecule has 0 radical (unpaired) electrons. The number of carbonyl (C=O) groups is 1. The molecule has 1 aliphatic rings. The summed E-state index contributed by atoms with van der Waals surface area (Å²) < 4.78 is 50.8. The van der Waals surface area contributed by atoms with Gasteiger partial charge in [-0.3, -0.25) is 0 Å². The third-order valence-electron chi connectivity index (χ3n) is 3.08. The van der Waals surface area contributed by atoms with Crippen LogP contribution in [0.5, 0.6) is 0 Å². The van der Waals surface area contributed by atoms with Gasteiger partial charge in [-0.05, 0) is 53.3 Å². The van der Waals surface area contributed by atoms with Gasteiger partial charge >= 0.3 is 12.3 Å². The monoisotopic (exact) mass is 341 g/mol. The SMILES string of the molecule is CC(C)(C)OC(=O)N1CCC[C@H]1C(O[Si](C)(C)C)C(F)(F)F. The summed E-state index contributed by atoms with van der Waals surface area (Å²) in [7, 11) is -2.41. The fraction of sp³-hybridized carbons (Fsp3) is 0.929. The topological polar surface area (TPSA) is 38.8 Å². The molecule has 1 fully saturated rings. The second kappa shape index (κ2) is 6.39. The summed E-state index contributed by atoms with van der Waals surface area (Å²) in [4.78, 5) is 13.3. The van der Waals surface area contributed by atoms with Crippen molar-refractivity contribution >= 4 is 14.4 Å². The number of halogens is 3. The Morgan fingerprint density at radius 2 is 1.77 bits per heavy atom. The van der Waals surface area contributed by atoms with E-state index in [2.05, 4.69) is 0 Å². The van der Waals surface area contributed by atoms with Gasteiger partial charge in [-0.2, -0.15) is 13.2 Å². The summed E-state index contributed by atoms with van der Waals surface area (Å²) in [6, 6.07) is -1.01. The molecule has 0 aromatic heterocycles. The molecule has 1 aliphatic heterocycles. The van der Waals surface area contributed by atoms with E-state index in [0.29, 0.717) is 6.42 Å². The van der Waals surface area contributed by atoms with E-state index in [1.165, 1.54) is 4.90 Å². The molecule has 1 unspecified atom stereocenters. The molecule has 1 amide bonds. The minimum Gasteiger partial charge on any atom is -0.444 e. The van der Waals surface area contributed by atoms with Gasteiger partial charge < -0.3 is 14.1 Å². The number of hydrogen-bond acceptors (Lipinski definition) is 3. The minimum atomic E-state index is -4.50. The van der Waals surface area contributed by atoms with Crippen LogP contribution >= 0.6 is 0 Å². The van der Waals surface area contributed by atoms with Crippen molar-refractivity contribution < 1.29 is 27.1 Å². The van der Waals surface area contributed by atoms with E-state index >= 15 is 0 Å². The van der Waals surface area contributed by atoms with Crippen LogP contribution in [0.3, 0.4) is 0 Å². The number of nitrogens with zero attached hydrogens (tertiary/aromatic N) is 1. The minimum absolute atomic E-state index is 0.265. The molecule has 8 heteroatoms. The Bertz CT molecular complexity index is 402. The Morgan fingerprint density at radius 3 is 2.18 bits per heavy atom. The molecule has 0 N–H and O–H groups in total. The first-order valence-corrected chi connectivity index (χ1v) is 10.9. The average Bonchev–Trinajstić information content (AvgIpc) is 2.68. The Labute approximate surface area is 131 Å². The van der Waals surface area contributed by atoms with Crippen molar-refractivity contribution in [2.75, 3.05) is 6.54 Å². The van der Waals surface area contributed by atoms with Gasteiger partial charge in [0, 0.05) is 6.54 Å². The Morgan fingerprint density at radius 1 is 1.23 bits per heavy atom. The third-order valence-corrected chi connectivity index (χ3v) is 4.04. The van der Waals surface area contributed by atoms with E-state index in [4.69, 9.17) is 9.16 Å². The molecule has 0 bridgehead atoms. The highest BCUT2D eigenvalue weighted by Gasteiger charge is 2.52. The highest BCUT2D eigenvalue weighted by atomic mass is 28.4. The predicted octanol–water partition coefficient (Wildman–Crippen LogP) is 4.17. The van der Waals surface area contributed by atoms with Gasteiger partial charge in [0.2, 0.25) is 0 Å². The first-order valence-electron chi connectivity index (χ1n) is 7.45. The first kappa shape index (κ1) is 19.3. The molecular weight excluding hydrogens is 315 g/mol. The zero-order chi connectivity index (χ0) is 17.3. The fourth-order valence-electron chi connectivity index (χ4n) is 2.40. The third kappa shape index (κ3) is 5.79.